The van der Waals surface area contributed by atoms with E-state index >= 15 is 0 Å². The molecule has 0 spiro atoms. The fourth-order valence-corrected chi connectivity index (χ4v) is 7.76. The Morgan fingerprint density at radius 1 is 0.846 bits per heavy atom. The van der Waals surface area contributed by atoms with Crippen molar-refractivity contribution >= 4 is 47.3 Å². The summed E-state index contributed by atoms with van der Waals surface area (Å²) in [5.41, 5.74) is 6.37. The maximum Gasteiger partial charge on any atom is 0.329 e. The fraction of sp³-hybridized carbons (Fsp3) is 0.556. The lowest BCUT2D eigenvalue weighted by Gasteiger charge is -2.43. The van der Waals surface area contributed by atoms with E-state index < -0.39 is 114 Å². The number of esters is 1. The van der Waals surface area contributed by atoms with Gasteiger partial charge in [-0.25, -0.2) is 4.79 Å². The highest BCUT2D eigenvalue weighted by Crippen LogP contribution is 2.27. The first kappa shape index (κ1) is 51.4. The Hall–Kier alpha value is -6.28. The van der Waals surface area contributed by atoms with Gasteiger partial charge < -0.3 is 62.0 Å². The molecule has 0 aromatic heterocycles. The van der Waals surface area contributed by atoms with Crippen LogP contribution in [0.4, 0.5) is 0 Å². The average molecular weight is 910 g/mol. The molecule has 2 aromatic rings. The summed E-state index contributed by atoms with van der Waals surface area (Å²) in [6.07, 6.45) is -5.86. The monoisotopic (exact) mass is 909 g/mol. The number of nitrogens with one attached hydrogen (secondary N) is 4. The van der Waals surface area contributed by atoms with Gasteiger partial charge in [-0.05, 0) is 79.8 Å². The second-order valence-electron chi connectivity index (χ2n) is 17.3. The number of cyclic esters (lactones) is 1. The Morgan fingerprint density at radius 2 is 1.45 bits per heavy atom. The van der Waals surface area contributed by atoms with Crippen molar-refractivity contribution in [2.24, 2.45) is 17.6 Å². The zero-order valence-electron chi connectivity index (χ0n) is 37.6. The third-order valence-corrected chi connectivity index (χ3v) is 11.8. The number of aliphatic hydroxyl groups excluding tert-OH is 2. The molecule has 2 aromatic carbocycles. The smallest absolute Gasteiger partial charge is 0.329 e. The second-order valence-corrected chi connectivity index (χ2v) is 17.3. The molecule has 356 valence electrons. The van der Waals surface area contributed by atoms with E-state index in [0.29, 0.717) is 17.5 Å². The van der Waals surface area contributed by atoms with Crippen LogP contribution in [-0.4, -0.2) is 139 Å². The molecule has 4 rings (SSSR count). The van der Waals surface area contributed by atoms with Crippen LogP contribution in [0.15, 0.2) is 48.5 Å². The summed E-state index contributed by atoms with van der Waals surface area (Å²) in [5, 5.41) is 52.1. The molecule has 2 aliphatic rings. The first-order chi connectivity index (χ1) is 30.6. The molecule has 0 unspecified atom stereocenters. The van der Waals surface area contributed by atoms with Crippen LogP contribution in [0, 0.1) is 11.8 Å². The first-order valence-electron chi connectivity index (χ1n) is 21.8. The summed E-state index contributed by atoms with van der Waals surface area (Å²) in [4.78, 5) is 114. The van der Waals surface area contributed by atoms with Crippen LogP contribution in [-0.2, 0) is 55.9 Å². The van der Waals surface area contributed by atoms with Gasteiger partial charge in [0.15, 0.2) is 0 Å². The summed E-state index contributed by atoms with van der Waals surface area (Å²) in [6, 6.07) is 2.67. The number of nitrogens with two attached hydrogens (primary N) is 1. The Balaban J connectivity index is 1.84. The molecule has 20 nitrogen and oxygen atoms in total. The summed E-state index contributed by atoms with van der Waals surface area (Å²) in [5.74, 6) is -8.36. The van der Waals surface area contributed by atoms with Gasteiger partial charge in [0.1, 0.15) is 66.2 Å². The first-order valence-corrected chi connectivity index (χ1v) is 21.8. The van der Waals surface area contributed by atoms with E-state index in [2.05, 4.69) is 21.3 Å². The minimum Gasteiger partial charge on any atom is -0.508 e. The molecule has 7 amide bonds. The standard InChI is InChI=1S/C45H63N7O13/c1-7-24(4)37-45(64)65-25(5)38(50-41(60)34(55)22-27-10-14-29(54)15-11-27)42(61)47-30(16-18-35(46)56)39(58)48-31-17-19-36(57)52(43(31)62)33(20-23(2)3)44(63)51(6)32(40(59)49-37)21-26-8-12-28(53)13-9-26/h8-15,23-25,30-34,36-38,53-55,57H,7,16-22H2,1-6H3,(H2,46,56)(H,47,61)(H,48,58)(H,49,59)(H,50,60)/t24-,25+,30-,31-,32-,33-,34-,36+,37-,38-/m0/s1. The number of fused-ring (bicyclic) bond motifs is 2. The van der Waals surface area contributed by atoms with Crippen LogP contribution >= 0.6 is 0 Å². The molecule has 20 heteroatoms. The number of benzene rings is 2. The van der Waals surface area contributed by atoms with Crippen LogP contribution in [0.2, 0.25) is 0 Å². The lowest BCUT2D eigenvalue weighted by molar-refractivity contribution is -0.166. The fourth-order valence-electron chi connectivity index (χ4n) is 7.76. The minimum absolute atomic E-state index is 0.0218. The number of ether oxygens (including phenoxy) is 1. The molecular formula is C45H63N7O13. The van der Waals surface area contributed by atoms with Gasteiger partial charge in [-0.2, -0.15) is 0 Å². The van der Waals surface area contributed by atoms with Gasteiger partial charge >= 0.3 is 5.97 Å². The molecular weight excluding hydrogens is 847 g/mol. The van der Waals surface area contributed by atoms with Crippen molar-refractivity contribution in [1.82, 2.24) is 31.1 Å². The Labute approximate surface area is 377 Å². The molecule has 2 saturated heterocycles. The van der Waals surface area contributed by atoms with Crippen molar-refractivity contribution in [2.75, 3.05) is 7.05 Å². The Kier molecular flexibility index (Phi) is 18.2. The minimum atomic E-state index is -1.81. The summed E-state index contributed by atoms with van der Waals surface area (Å²) >= 11 is 0. The normalized spacial score (nSPS) is 26.1. The number of likely N-dealkylation sites (N-methyl/N-ethyl adjacent to an activating group) is 1. The molecule has 0 aliphatic carbocycles. The molecule has 65 heavy (non-hydrogen) atoms. The number of carbonyl (C=O) groups is 8. The van der Waals surface area contributed by atoms with Crippen molar-refractivity contribution in [3.8, 4) is 11.5 Å². The van der Waals surface area contributed by atoms with Crippen LogP contribution < -0.4 is 27.0 Å². The quantitative estimate of drug-likeness (QED) is 0.116. The summed E-state index contributed by atoms with van der Waals surface area (Å²) in [7, 11) is 1.35. The highest BCUT2D eigenvalue weighted by molar-refractivity contribution is 5.98. The van der Waals surface area contributed by atoms with Crippen molar-refractivity contribution in [3.63, 3.8) is 0 Å². The van der Waals surface area contributed by atoms with Crippen molar-refractivity contribution in [2.45, 2.75) is 141 Å². The van der Waals surface area contributed by atoms with E-state index in [0.717, 1.165) is 9.80 Å². The zero-order valence-corrected chi connectivity index (χ0v) is 37.6. The predicted molar refractivity (Wildman–Crippen MR) is 233 cm³/mol. The van der Waals surface area contributed by atoms with E-state index in [1.807, 2.05) is 0 Å². The molecule has 10 atom stereocenters. The molecule has 10 N–H and O–H groups in total. The van der Waals surface area contributed by atoms with Crippen LogP contribution in [0.3, 0.4) is 0 Å². The van der Waals surface area contributed by atoms with Gasteiger partial charge in [0, 0.05) is 26.3 Å². The number of phenols is 2. The highest BCUT2D eigenvalue weighted by atomic mass is 16.5. The number of piperidine rings is 1. The maximum atomic E-state index is 14.7. The lowest BCUT2D eigenvalue weighted by Crippen LogP contribution is -2.65. The van der Waals surface area contributed by atoms with Crippen molar-refractivity contribution < 1.29 is 63.5 Å². The Bertz CT molecular complexity index is 2030. The van der Waals surface area contributed by atoms with Gasteiger partial charge in [-0.3, -0.25) is 33.6 Å². The van der Waals surface area contributed by atoms with Crippen LogP contribution in [0.5, 0.6) is 11.5 Å². The second kappa shape index (κ2) is 23.1. The number of rotatable bonds is 13. The van der Waals surface area contributed by atoms with Gasteiger partial charge in [0.25, 0.3) is 0 Å². The van der Waals surface area contributed by atoms with E-state index in [9.17, 15) is 58.8 Å². The van der Waals surface area contributed by atoms with E-state index in [1.165, 1.54) is 50.4 Å². The number of hydrogen-bond donors (Lipinski definition) is 9. The zero-order chi connectivity index (χ0) is 48.3. The van der Waals surface area contributed by atoms with E-state index in [-0.39, 0.29) is 55.9 Å². The number of amides is 7. The molecule has 2 fully saturated rings. The molecule has 2 aliphatic heterocycles. The van der Waals surface area contributed by atoms with Gasteiger partial charge in [0.2, 0.25) is 41.4 Å². The average Bonchev–Trinajstić information content (AvgIpc) is 3.25. The SMILES string of the molecule is CC[C@H](C)[C@@H]1NC(=O)[C@H](Cc2ccc(O)cc2)N(C)C(=O)[C@H](CC(C)C)N2C(=O)[C@H](CC[C@H]2O)NC(=O)[C@H](CCC(N)=O)NC(=O)[C@@H](NC(=O)[C@@H](O)Cc2ccc(O)cc2)[C@@H](C)OC1=O. The van der Waals surface area contributed by atoms with Gasteiger partial charge in [-0.1, -0.05) is 58.4 Å². The number of carbonyl (C=O) groups excluding carboxylic acids is 8. The van der Waals surface area contributed by atoms with E-state index in [1.54, 1.807) is 39.8 Å². The number of aliphatic hydroxyl groups is 2. The highest BCUT2D eigenvalue weighted by Gasteiger charge is 2.46. The number of nitrogens with zero attached hydrogens (tertiary/aromatic N) is 2. The molecule has 0 saturated carbocycles. The maximum absolute atomic E-state index is 14.7. The van der Waals surface area contributed by atoms with Crippen LogP contribution in [0.25, 0.3) is 0 Å². The largest absolute Gasteiger partial charge is 0.508 e. The van der Waals surface area contributed by atoms with Crippen LogP contribution in [0.1, 0.15) is 84.3 Å². The van der Waals surface area contributed by atoms with E-state index in [4.69, 9.17) is 10.5 Å². The van der Waals surface area contributed by atoms with Crippen molar-refractivity contribution in [3.05, 3.63) is 59.7 Å². The number of hydrogen-bond acceptors (Lipinski definition) is 13. The molecule has 0 radical (unpaired) electrons. The third kappa shape index (κ3) is 13.9. The molecule has 2 heterocycles. The van der Waals surface area contributed by atoms with Gasteiger partial charge in [0.05, 0.1) is 0 Å². The number of primary amides is 1. The lowest BCUT2D eigenvalue weighted by atomic mass is 9.94. The van der Waals surface area contributed by atoms with Gasteiger partial charge in [-0.15, -0.1) is 0 Å². The summed E-state index contributed by atoms with van der Waals surface area (Å²) in [6.45, 7) is 8.26. The topological polar surface area (TPSA) is 307 Å². The predicted octanol–water partition coefficient (Wildman–Crippen LogP) is -0.377. The molecule has 2 bridgehead atoms. The Morgan fingerprint density at radius 3 is 2.02 bits per heavy atom. The number of aromatic hydroxyl groups is 2. The van der Waals surface area contributed by atoms with Crippen molar-refractivity contribution in [1.29, 1.82) is 0 Å². The number of phenolic OH excluding ortho intramolecular Hbond substituents is 2. The summed E-state index contributed by atoms with van der Waals surface area (Å²) < 4.78 is 5.81. The third-order valence-electron chi connectivity index (χ3n) is 11.8.